The van der Waals surface area contributed by atoms with Gasteiger partial charge in [0.2, 0.25) is 0 Å². The molecule has 0 aliphatic heterocycles. The molecule has 0 atom stereocenters. The van der Waals surface area contributed by atoms with E-state index in [0.717, 1.165) is 0 Å². The normalized spacial score (nSPS) is 10.4. The number of hydrogen-bond acceptors (Lipinski definition) is 8. The van der Waals surface area contributed by atoms with Crippen molar-refractivity contribution in [2.24, 2.45) is 0 Å². The Kier molecular flexibility index (Phi) is 37.6. The first kappa shape index (κ1) is 38.7. The SMILES string of the molecule is C.CCCCCCCCCCCCCCCC.O.O=P([O-])([O-])[O-].O=P([O-])([O-])[O-]. The smallest absolute Gasteiger partial charge is 0.0533 e. The highest BCUT2D eigenvalue weighted by Gasteiger charge is 1.92. The van der Waals surface area contributed by atoms with Gasteiger partial charge in [-0.1, -0.05) is 111 Å². The summed E-state index contributed by atoms with van der Waals surface area (Å²) in [7, 11) is -10.8. The van der Waals surface area contributed by atoms with Gasteiger partial charge in [0.05, 0.1) is 0 Å². The summed E-state index contributed by atoms with van der Waals surface area (Å²) >= 11 is 0. The summed E-state index contributed by atoms with van der Waals surface area (Å²) in [6, 6.07) is 0. The van der Waals surface area contributed by atoms with Crippen molar-refractivity contribution in [2.45, 2.75) is 111 Å². The maximum absolute atomic E-state index is 8.55. The van der Waals surface area contributed by atoms with Gasteiger partial charge < -0.3 is 44.0 Å². The van der Waals surface area contributed by atoms with E-state index in [0.29, 0.717) is 0 Å². The third kappa shape index (κ3) is 95.6. The summed E-state index contributed by atoms with van der Waals surface area (Å²) < 4.78 is 17.1. The van der Waals surface area contributed by atoms with Crippen molar-refractivity contribution in [2.75, 3.05) is 0 Å². The van der Waals surface area contributed by atoms with Crippen LogP contribution in [0.4, 0.5) is 0 Å². The molecule has 0 aromatic heterocycles. The largest absolute Gasteiger partial charge is 0.822 e. The van der Waals surface area contributed by atoms with Crippen LogP contribution in [0.25, 0.3) is 0 Å². The van der Waals surface area contributed by atoms with E-state index in [4.69, 9.17) is 38.5 Å². The molecule has 0 fully saturated rings. The van der Waals surface area contributed by atoms with Crippen LogP contribution in [0.3, 0.4) is 0 Å². The fourth-order valence-corrected chi connectivity index (χ4v) is 2.27. The lowest BCUT2D eigenvalue weighted by atomic mass is 10.0. The monoisotopic (exact) mass is 450 g/mol. The molecule has 0 aromatic rings. The fraction of sp³-hybridized carbons (Fsp3) is 1.00. The zero-order valence-corrected chi connectivity index (χ0v) is 18.3. The van der Waals surface area contributed by atoms with Crippen LogP contribution < -0.4 is 29.4 Å². The van der Waals surface area contributed by atoms with E-state index in [1.54, 1.807) is 0 Å². The average Bonchev–Trinajstić information content (AvgIpc) is 2.45. The first-order valence-corrected chi connectivity index (χ1v) is 12.3. The standard InChI is InChI=1S/C16H34.CH4.2H3O4P.H2O/c1-3-5-7-9-11-13-15-16-14-12-10-8-6-4-2;;2*1-5(2,3)4;/h3-16H2,1-2H3;1H4;2*(H3,1,2,3,4);1H2/p-6. The topological polar surface area (TPSA) is 204 Å². The van der Waals surface area contributed by atoms with E-state index >= 15 is 0 Å². The van der Waals surface area contributed by atoms with Gasteiger partial charge >= 0.3 is 0 Å². The average molecular weight is 450 g/mol. The highest BCUT2D eigenvalue weighted by atomic mass is 31.2. The minimum absolute atomic E-state index is 0. The number of rotatable bonds is 13. The zero-order valence-electron chi connectivity index (χ0n) is 16.6. The van der Waals surface area contributed by atoms with Crippen LogP contribution in [0.2, 0.25) is 0 Å². The Bertz CT molecular complexity index is 306. The van der Waals surface area contributed by atoms with E-state index in [1.807, 2.05) is 0 Å². The predicted molar refractivity (Wildman–Crippen MR) is 102 cm³/mol. The van der Waals surface area contributed by atoms with Crippen LogP contribution in [0, 0.1) is 0 Å². The van der Waals surface area contributed by atoms with E-state index in [1.165, 1.54) is 89.9 Å². The summed E-state index contributed by atoms with van der Waals surface area (Å²) in [5.41, 5.74) is 0. The van der Waals surface area contributed by atoms with Gasteiger partial charge in [-0.15, -0.1) is 0 Å². The summed E-state index contributed by atoms with van der Waals surface area (Å²) in [6.45, 7) is 4.58. The first-order valence-electron chi connectivity index (χ1n) is 9.37. The van der Waals surface area contributed by atoms with Crippen LogP contribution in [0.15, 0.2) is 0 Å². The second-order valence-corrected chi connectivity index (χ2v) is 7.93. The number of phosphoric acid groups is 2. The molecule has 0 bridgehead atoms. The molecular weight excluding hydrogens is 410 g/mol. The number of unbranched alkanes of at least 4 members (excludes halogenated alkanes) is 13. The molecule has 0 unspecified atom stereocenters. The summed E-state index contributed by atoms with van der Waals surface area (Å²) in [5.74, 6) is 0. The Morgan fingerprint density at radius 2 is 0.571 bits per heavy atom. The lowest BCUT2D eigenvalue weighted by molar-refractivity contribution is -0.434. The molecule has 0 spiro atoms. The van der Waals surface area contributed by atoms with Gasteiger partial charge in [-0.05, 0) is 0 Å². The molecule has 0 radical (unpaired) electrons. The molecule has 178 valence electrons. The molecule has 0 aromatic carbocycles. The van der Waals surface area contributed by atoms with E-state index < -0.39 is 15.6 Å². The molecule has 28 heavy (non-hydrogen) atoms. The van der Waals surface area contributed by atoms with Crippen LogP contribution in [0.5, 0.6) is 0 Å². The molecule has 0 aliphatic rings. The van der Waals surface area contributed by atoms with Gasteiger partial charge in [0, 0.05) is 0 Å². The minimum Gasteiger partial charge on any atom is -0.822 e. The molecule has 9 nitrogen and oxygen atoms in total. The highest BCUT2D eigenvalue weighted by Crippen LogP contribution is 2.12. The molecule has 0 rings (SSSR count). The van der Waals surface area contributed by atoms with Crippen molar-refractivity contribution in [3.63, 3.8) is 0 Å². The summed E-state index contributed by atoms with van der Waals surface area (Å²) in [5, 5.41) is 0. The highest BCUT2D eigenvalue weighted by molar-refractivity contribution is 7.40. The quantitative estimate of drug-likeness (QED) is 0.287. The predicted octanol–water partition coefficient (Wildman–Crippen LogP) is 0.650. The molecule has 0 saturated heterocycles. The molecule has 11 heteroatoms. The minimum atomic E-state index is -5.39. The van der Waals surface area contributed by atoms with Crippen LogP contribution >= 0.6 is 15.6 Å². The number of hydrogen-bond donors (Lipinski definition) is 0. The Hall–Kier alpha value is 0.180. The Balaban J connectivity index is -0.000000122. The molecule has 2 N–H and O–H groups in total. The maximum Gasteiger partial charge on any atom is -0.0533 e. The lowest BCUT2D eigenvalue weighted by Crippen LogP contribution is -2.24. The Labute approximate surface area is 171 Å². The second kappa shape index (κ2) is 27.2. The summed E-state index contributed by atoms with van der Waals surface area (Å²) in [6.07, 6.45) is 20.4. The fourth-order valence-electron chi connectivity index (χ4n) is 2.27. The van der Waals surface area contributed by atoms with E-state index in [-0.39, 0.29) is 12.9 Å². The third-order valence-corrected chi connectivity index (χ3v) is 3.46. The van der Waals surface area contributed by atoms with Gasteiger partial charge in [-0.25, -0.2) is 0 Å². The molecular formula is C17H40O9P2-6. The van der Waals surface area contributed by atoms with Gasteiger partial charge in [0.15, 0.2) is 0 Å². The Morgan fingerprint density at radius 3 is 0.679 bits per heavy atom. The van der Waals surface area contributed by atoms with E-state index in [9.17, 15) is 0 Å². The Morgan fingerprint density at radius 1 is 0.464 bits per heavy atom. The van der Waals surface area contributed by atoms with Crippen molar-refractivity contribution in [3.8, 4) is 0 Å². The van der Waals surface area contributed by atoms with Crippen molar-refractivity contribution >= 4 is 15.6 Å². The molecule has 0 aliphatic carbocycles. The van der Waals surface area contributed by atoms with Gasteiger partial charge in [0.1, 0.15) is 0 Å². The summed E-state index contributed by atoms with van der Waals surface area (Å²) in [4.78, 5) is 51.3. The second-order valence-electron chi connectivity index (χ2n) is 6.14. The zero-order chi connectivity index (χ0) is 20.9. The molecule has 0 saturated carbocycles. The van der Waals surface area contributed by atoms with Crippen molar-refractivity contribution in [3.05, 3.63) is 0 Å². The van der Waals surface area contributed by atoms with Crippen LogP contribution in [-0.4, -0.2) is 5.48 Å². The van der Waals surface area contributed by atoms with Crippen molar-refractivity contribution in [1.29, 1.82) is 0 Å². The van der Waals surface area contributed by atoms with Gasteiger partial charge in [-0.3, -0.25) is 0 Å². The molecule has 0 heterocycles. The molecule has 0 amide bonds. The third-order valence-electron chi connectivity index (χ3n) is 3.46. The van der Waals surface area contributed by atoms with Crippen molar-refractivity contribution in [1.82, 2.24) is 0 Å². The van der Waals surface area contributed by atoms with Gasteiger partial charge in [0.25, 0.3) is 0 Å². The lowest BCUT2D eigenvalue weighted by Gasteiger charge is -2.36. The maximum atomic E-state index is 8.55. The first-order chi connectivity index (χ1) is 11.9. The van der Waals surface area contributed by atoms with Crippen molar-refractivity contribution < 1.29 is 44.0 Å². The van der Waals surface area contributed by atoms with Crippen LogP contribution in [-0.2, 0) is 9.13 Å². The van der Waals surface area contributed by atoms with Crippen LogP contribution in [0.1, 0.15) is 111 Å². The van der Waals surface area contributed by atoms with E-state index in [2.05, 4.69) is 13.8 Å². The van der Waals surface area contributed by atoms with Gasteiger partial charge in [-0.2, -0.15) is 15.6 Å².